The van der Waals surface area contributed by atoms with Crippen LogP contribution in [0.25, 0.3) is 0 Å². The minimum Gasteiger partial charge on any atom is -0.508 e. The Morgan fingerprint density at radius 3 is 3.00 bits per heavy atom. The Morgan fingerprint density at radius 1 is 1.35 bits per heavy atom. The van der Waals surface area contributed by atoms with Crippen LogP contribution in [0.15, 0.2) is 18.2 Å². The second-order valence-electron chi connectivity index (χ2n) is 5.14. The zero-order chi connectivity index (χ0) is 11.8. The van der Waals surface area contributed by atoms with E-state index in [0.717, 1.165) is 24.2 Å². The molecule has 1 N–H and O–H groups in total. The van der Waals surface area contributed by atoms with E-state index in [4.69, 9.17) is 4.74 Å². The lowest BCUT2D eigenvalue weighted by atomic mass is 9.96. The molecule has 3 rings (SSSR count). The molecule has 2 heterocycles. The smallest absolute Gasteiger partial charge is 0.126 e. The first kappa shape index (κ1) is 10.9. The molecule has 0 spiro atoms. The summed E-state index contributed by atoms with van der Waals surface area (Å²) in [4.78, 5) is 2.40. The minimum atomic E-state index is 0.289. The van der Waals surface area contributed by atoms with Gasteiger partial charge in [0.15, 0.2) is 0 Å². The third kappa shape index (κ3) is 1.89. The Balaban J connectivity index is 1.81. The van der Waals surface area contributed by atoms with Crippen molar-refractivity contribution in [2.24, 2.45) is 0 Å². The number of hydrogen-bond donors (Lipinski definition) is 1. The van der Waals surface area contributed by atoms with Crippen LogP contribution in [0.2, 0.25) is 0 Å². The van der Waals surface area contributed by atoms with Crippen LogP contribution in [0.1, 0.15) is 24.8 Å². The summed E-state index contributed by atoms with van der Waals surface area (Å²) in [6, 6.07) is 6.11. The Bertz CT molecular complexity index is 419. The average molecular weight is 233 g/mol. The topological polar surface area (TPSA) is 32.7 Å². The molecule has 0 radical (unpaired) electrons. The molecular formula is C14H19NO2. The monoisotopic (exact) mass is 233 g/mol. The number of likely N-dealkylation sites (N-methyl/N-ethyl adjacent to an activating group) is 1. The van der Waals surface area contributed by atoms with Gasteiger partial charge in [-0.15, -0.1) is 0 Å². The molecule has 1 aromatic rings. The summed E-state index contributed by atoms with van der Waals surface area (Å²) >= 11 is 0. The molecule has 3 nitrogen and oxygen atoms in total. The van der Waals surface area contributed by atoms with Crippen molar-refractivity contribution in [1.82, 2.24) is 4.90 Å². The van der Waals surface area contributed by atoms with Crippen molar-refractivity contribution in [2.45, 2.75) is 37.8 Å². The van der Waals surface area contributed by atoms with Crippen LogP contribution in [0.3, 0.4) is 0 Å². The van der Waals surface area contributed by atoms with Crippen LogP contribution in [0.4, 0.5) is 0 Å². The molecule has 3 heteroatoms. The van der Waals surface area contributed by atoms with Gasteiger partial charge >= 0.3 is 0 Å². The number of aromatic hydroxyl groups is 1. The van der Waals surface area contributed by atoms with E-state index in [2.05, 4.69) is 11.9 Å². The van der Waals surface area contributed by atoms with Crippen molar-refractivity contribution < 1.29 is 9.84 Å². The number of nitrogens with zero attached hydrogens (tertiary/aromatic N) is 1. The third-order valence-corrected chi connectivity index (χ3v) is 4.07. The van der Waals surface area contributed by atoms with Crippen molar-refractivity contribution in [3.8, 4) is 11.5 Å². The molecule has 1 fully saturated rings. The Hall–Kier alpha value is -1.22. The van der Waals surface area contributed by atoms with Crippen molar-refractivity contribution in [2.75, 3.05) is 13.6 Å². The number of fused-ring (bicyclic) bond motifs is 1. The fourth-order valence-electron chi connectivity index (χ4n) is 3.10. The van der Waals surface area contributed by atoms with Crippen LogP contribution in [-0.2, 0) is 6.42 Å². The molecule has 2 atom stereocenters. The highest BCUT2D eigenvalue weighted by molar-refractivity contribution is 5.45. The van der Waals surface area contributed by atoms with Crippen molar-refractivity contribution in [1.29, 1.82) is 0 Å². The standard InChI is InChI=1S/C14H19NO2/c1-15-9-3-4-11(15)14-8-7-10-12(16)5-2-6-13(10)17-14/h2,5-6,11,14,16H,3-4,7-9H2,1H3/t11-,14+/m0/s1. The van der Waals surface area contributed by atoms with Crippen LogP contribution in [-0.4, -0.2) is 35.7 Å². The van der Waals surface area contributed by atoms with Crippen molar-refractivity contribution in [3.63, 3.8) is 0 Å². The highest BCUT2D eigenvalue weighted by atomic mass is 16.5. The summed E-state index contributed by atoms with van der Waals surface area (Å²) in [7, 11) is 2.18. The van der Waals surface area contributed by atoms with E-state index >= 15 is 0 Å². The molecule has 0 unspecified atom stereocenters. The fourth-order valence-corrected chi connectivity index (χ4v) is 3.10. The predicted molar refractivity (Wildman–Crippen MR) is 66.5 cm³/mol. The van der Waals surface area contributed by atoms with E-state index in [1.54, 1.807) is 6.07 Å². The molecule has 2 aliphatic heterocycles. The highest BCUT2D eigenvalue weighted by Gasteiger charge is 2.33. The highest BCUT2D eigenvalue weighted by Crippen LogP contribution is 2.36. The van der Waals surface area contributed by atoms with E-state index in [9.17, 15) is 5.11 Å². The van der Waals surface area contributed by atoms with Gasteiger partial charge in [-0.2, -0.15) is 0 Å². The largest absolute Gasteiger partial charge is 0.508 e. The van der Waals surface area contributed by atoms with Crippen LogP contribution in [0.5, 0.6) is 11.5 Å². The van der Waals surface area contributed by atoms with Gasteiger partial charge in [0.25, 0.3) is 0 Å². The summed E-state index contributed by atoms with van der Waals surface area (Å²) in [6.07, 6.45) is 4.73. The van der Waals surface area contributed by atoms with Gasteiger partial charge < -0.3 is 9.84 Å². The molecule has 17 heavy (non-hydrogen) atoms. The minimum absolute atomic E-state index is 0.289. The molecule has 0 saturated carbocycles. The van der Waals surface area contributed by atoms with Gasteiger partial charge in [0.05, 0.1) is 0 Å². The number of benzene rings is 1. The van der Waals surface area contributed by atoms with Gasteiger partial charge in [-0.25, -0.2) is 0 Å². The molecule has 0 amide bonds. The molecule has 0 bridgehead atoms. The summed E-state index contributed by atoms with van der Waals surface area (Å²) in [5, 5.41) is 9.77. The van der Waals surface area contributed by atoms with Gasteiger partial charge in [-0.1, -0.05) is 6.07 Å². The van der Waals surface area contributed by atoms with Gasteiger partial charge in [0.1, 0.15) is 17.6 Å². The van der Waals surface area contributed by atoms with Gasteiger partial charge in [0, 0.05) is 11.6 Å². The number of phenols is 1. The van der Waals surface area contributed by atoms with E-state index in [-0.39, 0.29) is 6.10 Å². The summed E-state index contributed by atoms with van der Waals surface area (Å²) in [5.41, 5.74) is 0.976. The second-order valence-corrected chi connectivity index (χ2v) is 5.14. The predicted octanol–water partition coefficient (Wildman–Crippen LogP) is 2.18. The lowest BCUT2D eigenvalue weighted by Gasteiger charge is -2.33. The molecule has 0 aromatic heterocycles. The first-order chi connectivity index (χ1) is 8.25. The van der Waals surface area contributed by atoms with E-state index in [1.165, 1.54) is 19.4 Å². The van der Waals surface area contributed by atoms with Gasteiger partial charge in [-0.3, -0.25) is 4.90 Å². The van der Waals surface area contributed by atoms with Gasteiger partial charge in [-0.05, 0) is 51.4 Å². The number of phenolic OH excluding ortho intramolecular Hbond substituents is 1. The lowest BCUT2D eigenvalue weighted by Crippen LogP contribution is -2.41. The first-order valence-electron chi connectivity index (χ1n) is 6.43. The summed E-state index contributed by atoms with van der Waals surface area (Å²) in [6.45, 7) is 1.18. The normalized spacial score (nSPS) is 28.8. The maximum absolute atomic E-state index is 9.77. The lowest BCUT2D eigenvalue weighted by molar-refractivity contribution is 0.0878. The quantitative estimate of drug-likeness (QED) is 0.807. The number of likely N-dealkylation sites (tertiary alicyclic amines) is 1. The zero-order valence-electron chi connectivity index (χ0n) is 10.2. The van der Waals surface area contributed by atoms with Crippen molar-refractivity contribution >= 4 is 0 Å². The maximum atomic E-state index is 9.77. The molecule has 2 aliphatic rings. The molecule has 1 aromatic carbocycles. The van der Waals surface area contributed by atoms with E-state index < -0.39 is 0 Å². The number of hydrogen-bond acceptors (Lipinski definition) is 3. The van der Waals surface area contributed by atoms with Crippen LogP contribution >= 0.6 is 0 Å². The van der Waals surface area contributed by atoms with Crippen LogP contribution in [0, 0.1) is 0 Å². The Morgan fingerprint density at radius 2 is 2.24 bits per heavy atom. The zero-order valence-corrected chi connectivity index (χ0v) is 10.2. The average Bonchev–Trinajstić information content (AvgIpc) is 2.75. The number of ether oxygens (including phenoxy) is 1. The Labute approximate surface area is 102 Å². The molecular weight excluding hydrogens is 214 g/mol. The SMILES string of the molecule is CN1CCC[C@H]1[C@H]1CCc2c(O)cccc2O1. The van der Waals surface area contributed by atoms with Crippen molar-refractivity contribution in [3.05, 3.63) is 23.8 Å². The maximum Gasteiger partial charge on any atom is 0.126 e. The van der Waals surface area contributed by atoms with Gasteiger partial charge in [0.2, 0.25) is 0 Å². The number of rotatable bonds is 1. The third-order valence-electron chi connectivity index (χ3n) is 4.07. The first-order valence-corrected chi connectivity index (χ1v) is 6.43. The summed E-state index contributed by atoms with van der Waals surface area (Å²) in [5.74, 6) is 1.25. The van der Waals surface area contributed by atoms with E-state index in [0.29, 0.717) is 11.8 Å². The Kier molecular flexibility index (Phi) is 2.71. The van der Waals surface area contributed by atoms with Crippen LogP contribution < -0.4 is 4.74 Å². The fraction of sp³-hybridized carbons (Fsp3) is 0.571. The molecule has 92 valence electrons. The summed E-state index contributed by atoms with van der Waals surface area (Å²) < 4.78 is 6.07. The second kappa shape index (κ2) is 4.22. The molecule has 1 saturated heterocycles. The molecule has 0 aliphatic carbocycles. The van der Waals surface area contributed by atoms with E-state index in [1.807, 2.05) is 12.1 Å².